The van der Waals surface area contributed by atoms with Crippen molar-refractivity contribution in [1.29, 1.82) is 0 Å². The maximum absolute atomic E-state index is 11.1. The number of hydrogen-bond donors (Lipinski definition) is 1. The van der Waals surface area contributed by atoms with E-state index in [9.17, 15) is 4.79 Å². The fourth-order valence-corrected chi connectivity index (χ4v) is 1.80. The highest BCUT2D eigenvalue weighted by atomic mass is 79.9. The van der Waals surface area contributed by atoms with Crippen LogP contribution in [0.15, 0.2) is 22.7 Å². The lowest BCUT2D eigenvalue weighted by Crippen LogP contribution is -2.11. The van der Waals surface area contributed by atoms with E-state index in [1.807, 2.05) is 18.2 Å². The summed E-state index contributed by atoms with van der Waals surface area (Å²) in [5.74, 6) is 0.569. The van der Waals surface area contributed by atoms with E-state index in [4.69, 9.17) is 9.47 Å². The molecule has 0 spiro atoms. The third-order valence-electron chi connectivity index (χ3n) is 2.07. The Labute approximate surface area is 109 Å². The van der Waals surface area contributed by atoms with Gasteiger partial charge in [-0.1, -0.05) is 15.9 Å². The molecular weight excluding hydrogens is 286 g/mol. The number of hydrogen-bond acceptors (Lipinski definition) is 4. The lowest BCUT2D eigenvalue weighted by Gasteiger charge is -2.08. The first-order valence-corrected chi connectivity index (χ1v) is 6.19. The van der Waals surface area contributed by atoms with Gasteiger partial charge in [0.15, 0.2) is 0 Å². The highest BCUT2D eigenvalue weighted by Gasteiger charge is 2.02. The number of anilines is 1. The minimum Gasteiger partial charge on any atom is -0.497 e. The minimum atomic E-state index is -0.193. The zero-order valence-corrected chi connectivity index (χ0v) is 11.5. The van der Waals surface area contributed by atoms with Gasteiger partial charge in [0.2, 0.25) is 0 Å². The van der Waals surface area contributed by atoms with E-state index >= 15 is 0 Å². The summed E-state index contributed by atoms with van der Waals surface area (Å²) >= 11 is 3.39. The number of carbonyl (C=O) groups is 1. The van der Waals surface area contributed by atoms with Crippen molar-refractivity contribution < 1.29 is 14.3 Å². The molecule has 1 rings (SSSR count). The summed E-state index contributed by atoms with van der Waals surface area (Å²) in [5.41, 5.74) is 0.903. The Morgan fingerprint density at radius 3 is 2.82 bits per heavy atom. The third kappa shape index (κ3) is 5.08. The first kappa shape index (κ1) is 13.8. The predicted octanol–water partition coefficient (Wildman–Crippen LogP) is 2.82. The zero-order valence-electron chi connectivity index (χ0n) is 9.96. The maximum atomic E-state index is 11.1. The number of benzene rings is 1. The number of esters is 1. The van der Waals surface area contributed by atoms with Crippen LogP contribution in [0.5, 0.6) is 5.75 Å². The van der Waals surface area contributed by atoms with Crippen molar-refractivity contribution in [3.63, 3.8) is 0 Å². The third-order valence-corrected chi connectivity index (χ3v) is 2.53. The summed E-state index contributed by atoms with van der Waals surface area (Å²) in [6.45, 7) is 2.76. The van der Waals surface area contributed by atoms with E-state index in [2.05, 4.69) is 21.2 Å². The number of methoxy groups -OCH3 is 1. The van der Waals surface area contributed by atoms with Crippen molar-refractivity contribution >= 4 is 27.6 Å². The van der Waals surface area contributed by atoms with Crippen molar-refractivity contribution in [2.75, 3.05) is 25.6 Å². The van der Waals surface area contributed by atoms with Crippen LogP contribution in [0, 0.1) is 0 Å². The summed E-state index contributed by atoms with van der Waals surface area (Å²) < 4.78 is 10.9. The summed E-state index contributed by atoms with van der Waals surface area (Å²) in [7, 11) is 1.62. The largest absolute Gasteiger partial charge is 0.497 e. The second-order valence-electron chi connectivity index (χ2n) is 3.36. The molecule has 1 aromatic rings. The molecule has 0 aliphatic rings. The van der Waals surface area contributed by atoms with Crippen LogP contribution in [0.1, 0.15) is 13.3 Å². The number of halogens is 1. The van der Waals surface area contributed by atoms with Gasteiger partial charge in [-0.3, -0.25) is 4.79 Å². The first-order chi connectivity index (χ1) is 8.15. The molecule has 0 aliphatic carbocycles. The molecule has 0 unspecified atom stereocenters. The minimum absolute atomic E-state index is 0.193. The average Bonchev–Trinajstić information content (AvgIpc) is 2.28. The molecule has 0 atom stereocenters. The second kappa shape index (κ2) is 7.17. The van der Waals surface area contributed by atoms with Gasteiger partial charge in [0.1, 0.15) is 5.75 Å². The Bertz CT molecular complexity index is 382. The molecule has 0 radical (unpaired) electrons. The Hall–Kier alpha value is -1.23. The first-order valence-electron chi connectivity index (χ1n) is 5.39. The van der Waals surface area contributed by atoms with Gasteiger partial charge in [-0.25, -0.2) is 0 Å². The molecule has 0 heterocycles. The summed E-state index contributed by atoms with van der Waals surface area (Å²) in [5, 5.41) is 3.14. The van der Waals surface area contributed by atoms with Gasteiger partial charge in [0.25, 0.3) is 0 Å². The topological polar surface area (TPSA) is 47.6 Å². The van der Waals surface area contributed by atoms with Crippen LogP contribution in [-0.2, 0) is 9.53 Å². The van der Waals surface area contributed by atoms with Crippen LogP contribution in [0.2, 0.25) is 0 Å². The number of carbonyl (C=O) groups excluding carboxylic acids is 1. The standard InChI is InChI=1S/C12H16BrNO3/c1-3-17-12(15)4-5-14-10-6-9(13)7-11(8-10)16-2/h6-8,14H,3-5H2,1-2H3. The van der Waals surface area contributed by atoms with E-state index in [-0.39, 0.29) is 5.97 Å². The number of rotatable bonds is 6. The Morgan fingerprint density at radius 2 is 2.18 bits per heavy atom. The Morgan fingerprint density at radius 1 is 1.41 bits per heavy atom. The smallest absolute Gasteiger partial charge is 0.307 e. The summed E-state index contributed by atoms with van der Waals surface area (Å²) in [6.07, 6.45) is 0.350. The second-order valence-corrected chi connectivity index (χ2v) is 4.28. The molecule has 0 saturated carbocycles. The van der Waals surface area contributed by atoms with Crippen LogP contribution in [0.4, 0.5) is 5.69 Å². The van der Waals surface area contributed by atoms with Crippen LogP contribution < -0.4 is 10.1 Å². The van der Waals surface area contributed by atoms with Gasteiger partial charge in [-0.2, -0.15) is 0 Å². The molecule has 0 aromatic heterocycles. The zero-order chi connectivity index (χ0) is 12.7. The van der Waals surface area contributed by atoms with Gasteiger partial charge in [0.05, 0.1) is 20.1 Å². The van der Waals surface area contributed by atoms with Crippen LogP contribution in [0.25, 0.3) is 0 Å². The highest BCUT2D eigenvalue weighted by molar-refractivity contribution is 9.10. The molecule has 4 nitrogen and oxygen atoms in total. The summed E-state index contributed by atoms with van der Waals surface area (Å²) in [4.78, 5) is 11.1. The fraction of sp³-hybridized carbons (Fsp3) is 0.417. The van der Waals surface area contributed by atoms with Gasteiger partial charge in [0, 0.05) is 22.8 Å². The van der Waals surface area contributed by atoms with Crippen molar-refractivity contribution in [2.45, 2.75) is 13.3 Å². The van der Waals surface area contributed by atoms with E-state index in [0.29, 0.717) is 19.6 Å². The average molecular weight is 302 g/mol. The summed E-state index contributed by atoms with van der Waals surface area (Å²) in [6, 6.07) is 5.67. The predicted molar refractivity (Wildman–Crippen MR) is 70.4 cm³/mol. The van der Waals surface area contributed by atoms with E-state index in [1.165, 1.54) is 0 Å². The van der Waals surface area contributed by atoms with E-state index in [1.54, 1.807) is 14.0 Å². The van der Waals surface area contributed by atoms with Crippen molar-refractivity contribution in [2.24, 2.45) is 0 Å². The molecule has 17 heavy (non-hydrogen) atoms. The van der Waals surface area contributed by atoms with Crippen LogP contribution in [-0.4, -0.2) is 26.2 Å². The highest BCUT2D eigenvalue weighted by Crippen LogP contribution is 2.24. The van der Waals surface area contributed by atoms with E-state index in [0.717, 1.165) is 15.9 Å². The molecule has 0 amide bonds. The molecular formula is C12H16BrNO3. The Kier molecular flexibility index (Phi) is 5.83. The van der Waals surface area contributed by atoms with Gasteiger partial charge >= 0.3 is 5.97 Å². The molecule has 0 fully saturated rings. The lowest BCUT2D eigenvalue weighted by molar-refractivity contribution is -0.142. The van der Waals surface area contributed by atoms with Crippen LogP contribution >= 0.6 is 15.9 Å². The maximum Gasteiger partial charge on any atom is 0.307 e. The SMILES string of the molecule is CCOC(=O)CCNc1cc(Br)cc(OC)c1. The molecule has 1 aromatic carbocycles. The van der Waals surface area contributed by atoms with Crippen molar-refractivity contribution in [3.8, 4) is 5.75 Å². The van der Waals surface area contributed by atoms with Crippen LogP contribution in [0.3, 0.4) is 0 Å². The van der Waals surface area contributed by atoms with Gasteiger partial charge in [-0.15, -0.1) is 0 Å². The lowest BCUT2D eigenvalue weighted by atomic mass is 10.3. The molecule has 94 valence electrons. The number of nitrogens with one attached hydrogen (secondary N) is 1. The van der Waals surface area contributed by atoms with Gasteiger partial charge in [-0.05, 0) is 19.1 Å². The molecule has 1 N–H and O–H groups in total. The number of ether oxygens (including phenoxy) is 2. The monoisotopic (exact) mass is 301 g/mol. The van der Waals surface area contributed by atoms with Crippen molar-refractivity contribution in [3.05, 3.63) is 22.7 Å². The van der Waals surface area contributed by atoms with E-state index < -0.39 is 0 Å². The molecule has 5 heteroatoms. The van der Waals surface area contributed by atoms with Crippen molar-refractivity contribution in [1.82, 2.24) is 0 Å². The molecule has 0 saturated heterocycles. The molecule has 0 bridgehead atoms. The molecule has 0 aliphatic heterocycles. The quantitative estimate of drug-likeness (QED) is 0.821. The normalized spacial score (nSPS) is 9.82. The van der Waals surface area contributed by atoms with Gasteiger partial charge < -0.3 is 14.8 Å². The Balaban J connectivity index is 2.46. The fourth-order valence-electron chi connectivity index (χ4n) is 1.32.